The number of rotatable bonds is 5. The summed E-state index contributed by atoms with van der Waals surface area (Å²) in [6, 6.07) is 32.0. The number of allylic oxidation sites excluding steroid dienone is 1. The fourth-order valence-electron chi connectivity index (χ4n) is 2.74. The van der Waals surface area contributed by atoms with E-state index in [0.717, 1.165) is 6.42 Å². The lowest BCUT2D eigenvalue weighted by Crippen LogP contribution is -1.99. The molecule has 0 aromatic heterocycles. The van der Waals surface area contributed by atoms with Gasteiger partial charge in [-0.05, 0) is 23.1 Å². The van der Waals surface area contributed by atoms with E-state index in [1.165, 1.54) is 16.7 Å². The molecule has 0 fully saturated rings. The molecule has 0 aliphatic heterocycles. The summed E-state index contributed by atoms with van der Waals surface area (Å²) in [5.74, 6) is 0.405. The van der Waals surface area contributed by atoms with Crippen molar-refractivity contribution in [3.63, 3.8) is 0 Å². The average Bonchev–Trinajstić information content (AvgIpc) is 2.61. The average molecular weight is 284 g/mol. The molecular weight excluding hydrogens is 264 g/mol. The Hall–Kier alpha value is -2.60. The summed E-state index contributed by atoms with van der Waals surface area (Å²) in [5, 5.41) is 0. The molecule has 0 bridgehead atoms. The van der Waals surface area contributed by atoms with E-state index in [9.17, 15) is 0 Å². The van der Waals surface area contributed by atoms with Gasteiger partial charge >= 0.3 is 0 Å². The number of benzene rings is 3. The maximum atomic E-state index is 2.28. The molecule has 0 atom stereocenters. The maximum Gasteiger partial charge on any atom is 0.0124 e. The van der Waals surface area contributed by atoms with Gasteiger partial charge in [0.15, 0.2) is 0 Å². The number of hydrogen-bond acceptors (Lipinski definition) is 0. The van der Waals surface area contributed by atoms with Crippen LogP contribution in [0.25, 0.3) is 6.08 Å². The predicted molar refractivity (Wildman–Crippen MR) is 94.8 cm³/mol. The van der Waals surface area contributed by atoms with Gasteiger partial charge in [0.1, 0.15) is 0 Å². The lowest BCUT2D eigenvalue weighted by Gasteiger charge is -2.16. The van der Waals surface area contributed by atoms with Crippen molar-refractivity contribution < 1.29 is 0 Å². The van der Waals surface area contributed by atoms with Crippen LogP contribution in [0.1, 0.15) is 29.0 Å². The van der Waals surface area contributed by atoms with Crippen LogP contribution >= 0.6 is 0 Å². The van der Waals surface area contributed by atoms with Gasteiger partial charge in [0.05, 0.1) is 0 Å². The molecule has 0 aliphatic carbocycles. The fourth-order valence-corrected chi connectivity index (χ4v) is 2.74. The van der Waals surface area contributed by atoms with E-state index in [1.54, 1.807) is 0 Å². The van der Waals surface area contributed by atoms with E-state index < -0.39 is 0 Å². The van der Waals surface area contributed by atoms with Crippen molar-refractivity contribution in [2.24, 2.45) is 0 Å². The van der Waals surface area contributed by atoms with Crippen LogP contribution in [0.4, 0.5) is 0 Å². The van der Waals surface area contributed by atoms with E-state index >= 15 is 0 Å². The second-order valence-corrected chi connectivity index (χ2v) is 5.42. The van der Waals surface area contributed by atoms with Gasteiger partial charge in [0.2, 0.25) is 0 Å². The summed E-state index contributed by atoms with van der Waals surface area (Å²) in [6.45, 7) is 0. The smallest absolute Gasteiger partial charge is 0.0124 e. The normalized spacial score (nSPS) is 11.1. The minimum Gasteiger partial charge on any atom is -0.0830 e. The minimum absolute atomic E-state index is 0.405. The lowest BCUT2D eigenvalue weighted by atomic mass is 9.88. The van der Waals surface area contributed by atoms with Gasteiger partial charge in [-0.2, -0.15) is 0 Å². The summed E-state index contributed by atoms with van der Waals surface area (Å²) < 4.78 is 0. The molecule has 3 rings (SSSR count). The molecule has 0 heterocycles. The van der Waals surface area contributed by atoms with Crippen LogP contribution in [0.15, 0.2) is 97.1 Å². The molecule has 0 heteroatoms. The molecule has 0 unspecified atom stereocenters. The van der Waals surface area contributed by atoms with Gasteiger partial charge in [-0.3, -0.25) is 0 Å². The Labute approximate surface area is 132 Å². The van der Waals surface area contributed by atoms with Crippen LogP contribution in [-0.2, 0) is 0 Å². The molecule has 0 spiro atoms. The van der Waals surface area contributed by atoms with Crippen molar-refractivity contribution in [1.29, 1.82) is 0 Å². The molecule has 3 aromatic carbocycles. The SMILES string of the molecule is C(=Cc1ccccc1)CC(c1ccccc1)c1ccccc1. The largest absolute Gasteiger partial charge is 0.0830 e. The molecule has 3 aromatic rings. The highest BCUT2D eigenvalue weighted by molar-refractivity contribution is 5.49. The molecule has 108 valence electrons. The lowest BCUT2D eigenvalue weighted by molar-refractivity contribution is 0.832. The Kier molecular flexibility index (Phi) is 4.84. The number of hydrogen-bond donors (Lipinski definition) is 0. The monoisotopic (exact) mass is 284 g/mol. The summed E-state index contributed by atoms with van der Waals surface area (Å²) in [4.78, 5) is 0. The molecule has 0 aliphatic rings. The highest BCUT2D eigenvalue weighted by atomic mass is 14.2. The standard InChI is InChI=1S/C22H20/c1-4-11-19(12-5-1)13-10-18-22(20-14-6-2-7-15-20)21-16-8-3-9-17-21/h1-17,22H,18H2. The second-order valence-electron chi connectivity index (χ2n) is 5.42. The van der Waals surface area contributed by atoms with Crippen LogP contribution in [0.2, 0.25) is 0 Å². The van der Waals surface area contributed by atoms with Crippen molar-refractivity contribution in [2.45, 2.75) is 12.3 Å². The third-order valence-electron chi connectivity index (χ3n) is 3.89. The Morgan fingerprint density at radius 1 is 0.591 bits per heavy atom. The van der Waals surface area contributed by atoms with E-state index in [1.807, 2.05) is 6.07 Å². The van der Waals surface area contributed by atoms with E-state index in [-0.39, 0.29) is 0 Å². The molecule has 0 amide bonds. The molecule has 0 saturated carbocycles. The van der Waals surface area contributed by atoms with Crippen molar-refractivity contribution in [1.82, 2.24) is 0 Å². The van der Waals surface area contributed by atoms with Gasteiger partial charge < -0.3 is 0 Å². The fraction of sp³-hybridized carbons (Fsp3) is 0.0909. The van der Waals surface area contributed by atoms with E-state index in [2.05, 4.69) is 97.1 Å². The van der Waals surface area contributed by atoms with Crippen molar-refractivity contribution in [3.05, 3.63) is 114 Å². The Morgan fingerprint density at radius 2 is 1.05 bits per heavy atom. The highest BCUT2D eigenvalue weighted by Gasteiger charge is 2.11. The molecule has 0 N–H and O–H groups in total. The first-order valence-electron chi connectivity index (χ1n) is 7.75. The molecule has 0 radical (unpaired) electrons. The van der Waals surface area contributed by atoms with Crippen LogP contribution in [0, 0.1) is 0 Å². The van der Waals surface area contributed by atoms with Crippen LogP contribution < -0.4 is 0 Å². The first-order valence-corrected chi connectivity index (χ1v) is 7.75. The van der Waals surface area contributed by atoms with E-state index in [4.69, 9.17) is 0 Å². The Bertz CT molecular complexity index is 657. The second kappa shape index (κ2) is 7.42. The van der Waals surface area contributed by atoms with Gasteiger partial charge in [-0.1, -0.05) is 103 Å². The Balaban J connectivity index is 1.82. The molecule has 22 heavy (non-hydrogen) atoms. The zero-order valence-electron chi connectivity index (χ0n) is 12.6. The van der Waals surface area contributed by atoms with Crippen LogP contribution in [0.5, 0.6) is 0 Å². The van der Waals surface area contributed by atoms with Crippen molar-refractivity contribution >= 4 is 6.08 Å². The van der Waals surface area contributed by atoms with Gasteiger partial charge in [0, 0.05) is 5.92 Å². The van der Waals surface area contributed by atoms with Crippen molar-refractivity contribution in [2.75, 3.05) is 0 Å². The van der Waals surface area contributed by atoms with Gasteiger partial charge in [0.25, 0.3) is 0 Å². The maximum absolute atomic E-state index is 2.28. The Morgan fingerprint density at radius 3 is 1.55 bits per heavy atom. The molecular formula is C22H20. The zero-order chi connectivity index (χ0) is 15.0. The predicted octanol–water partition coefficient (Wildman–Crippen LogP) is 5.92. The summed E-state index contributed by atoms with van der Waals surface area (Å²) in [5.41, 5.74) is 3.99. The quantitative estimate of drug-likeness (QED) is 0.545. The van der Waals surface area contributed by atoms with Crippen LogP contribution in [0.3, 0.4) is 0 Å². The summed E-state index contributed by atoms with van der Waals surface area (Å²) >= 11 is 0. The third kappa shape index (κ3) is 3.73. The van der Waals surface area contributed by atoms with E-state index in [0.29, 0.717) is 5.92 Å². The van der Waals surface area contributed by atoms with Crippen molar-refractivity contribution in [3.8, 4) is 0 Å². The van der Waals surface area contributed by atoms with Crippen LogP contribution in [-0.4, -0.2) is 0 Å². The van der Waals surface area contributed by atoms with Gasteiger partial charge in [-0.25, -0.2) is 0 Å². The zero-order valence-corrected chi connectivity index (χ0v) is 12.6. The summed E-state index contributed by atoms with van der Waals surface area (Å²) in [6.07, 6.45) is 5.49. The summed E-state index contributed by atoms with van der Waals surface area (Å²) in [7, 11) is 0. The minimum atomic E-state index is 0.405. The topological polar surface area (TPSA) is 0 Å². The third-order valence-corrected chi connectivity index (χ3v) is 3.89. The van der Waals surface area contributed by atoms with Gasteiger partial charge in [-0.15, -0.1) is 0 Å². The molecule has 0 nitrogen and oxygen atoms in total. The molecule has 0 saturated heterocycles. The first kappa shape index (κ1) is 14.3. The first-order chi connectivity index (χ1) is 10.9. The highest BCUT2D eigenvalue weighted by Crippen LogP contribution is 2.28.